The summed E-state index contributed by atoms with van der Waals surface area (Å²) in [5.41, 5.74) is 3.51. The highest BCUT2D eigenvalue weighted by Crippen LogP contribution is 2.26. The molecular weight excluding hydrogens is 485 g/mol. The number of carbonyl (C=O) groups excluding carboxylic acids is 2. The van der Waals surface area contributed by atoms with E-state index in [1.165, 1.54) is 19.2 Å². The summed E-state index contributed by atoms with van der Waals surface area (Å²) < 4.78 is 20.3. The van der Waals surface area contributed by atoms with E-state index in [1.807, 2.05) is 24.3 Å². The first-order valence-electron chi connectivity index (χ1n) is 13.0. The number of carbonyl (C=O) groups is 2. The normalized spacial score (nSPS) is 15.3. The Balaban J connectivity index is 1.69. The highest BCUT2D eigenvalue weighted by atomic mass is 19.1. The zero-order valence-electron chi connectivity index (χ0n) is 22.6. The highest BCUT2D eigenvalue weighted by Gasteiger charge is 2.26. The molecule has 0 aliphatic carbocycles. The minimum absolute atomic E-state index is 0.00896. The maximum absolute atomic E-state index is 13.9. The number of benzene rings is 2. The number of aryl methyl sites for hydroxylation is 1. The predicted molar refractivity (Wildman–Crippen MR) is 145 cm³/mol. The van der Waals surface area contributed by atoms with Crippen LogP contribution in [0.1, 0.15) is 36.3 Å². The molecule has 0 spiro atoms. The molecule has 1 aliphatic rings. The lowest BCUT2D eigenvalue weighted by Gasteiger charge is -2.29. The van der Waals surface area contributed by atoms with Crippen molar-refractivity contribution >= 4 is 17.5 Å². The van der Waals surface area contributed by atoms with E-state index < -0.39 is 0 Å². The van der Waals surface area contributed by atoms with Gasteiger partial charge in [0.05, 0.1) is 5.69 Å². The molecule has 38 heavy (non-hydrogen) atoms. The fraction of sp³-hybridized carbons (Fsp3) is 0.414. The largest absolute Gasteiger partial charge is 0.375 e. The fourth-order valence-corrected chi connectivity index (χ4v) is 4.88. The molecule has 9 heteroatoms. The van der Waals surface area contributed by atoms with Crippen molar-refractivity contribution in [2.45, 2.75) is 32.9 Å². The Kier molecular flexibility index (Phi) is 8.91. The Morgan fingerprint density at radius 1 is 1.03 bits per heavy atom. The van der Waals surface area contributed by atoms with Crippen LogP contribution in [0.4, 0.5) is 10.1 Å². The standard InChI is InChI=1S/C29H36FN5O3/c1-21(2)33-14-7-15-35(28(36)20-38-4)26-9-6-5-8-23(26)19-34(17-16-33)29(37)25-18-27(32(3)31-25)22-10-12-24(30)13-11-22/h5-6,8-13,18,21H,7,14-17,19-20H2,1-4H3. The van der Waals surface area contributed by atoms with E-state index in [1.54, 1.807) is 39.7 Å². The van der Waals surface area contributed by atoms with Gasteiger partial charge in [-0.25, -0.2) is 4.39 Å². The Hall–Kier alpha value is -3.56. The molecular formula is C29H36FN5O3. The van der Waals surface area contributed by atoms with Gasteiger partial charge in [-0.05, 0) is 67.8 Å². The third-order valence-corrected chi connectivity index (χ3v) is 6.95. The monoisotopic (exact) mass is 521 g/mol. The number of hydrogen-bond acceptors (Lipinski definition) is 5. The highest BCUT2D eigenvalue weighted by molar-refractivity contribution is 5.96. The van der Waals surface area contributed by atoms with Gasteiger partial charge in [-0.3, -0.25) is 19.2 Å². The number of hydrogen-bond donors (Lipinski definition) is 0. The van der Waals surface area contributed by atoms with Crippen LogP contribution in [-0.4, -0.2) is 77.3 Å². The Morgan fingerprint density at radius 3 is 2.47 bits per heavy atom. The molecule has 0 bridgehead atoms. The van der Waals surface area contributed by atoms with Crippen LogP contribution in [0.5, 0.6) is 0 Å². The number of nitrogens with zero attached hydrogens (tertiary/aromatic N) is 5. The van der Waals surface area contributed by atoms with E-state index in [4.69, 9.17) is 4.74 Å². The molecule has 1 aliphatic heterocycles. The van der Waals surface area contributed by atoms with Crippen LogP contribution in [-0.2, 0) is 23.1 Å². The SMILES string of the molecule is COCC(=O)N1CCCN(C(C)C)CCN(C(=O)c2cc(-c3ccc(F)cc3)n(C)n2)Cc2ccccc21. The second kappa shape index (κ2) is 12.3. The summed E-state index contributed by atoms with van der Waals surface area (Å²) in [6.07, 6.45) is 0.803. The number of para-hydroxylation sites is 1. The van der Waals surface area contributed by atoms with E-state index in [0.717, 1.165) is 35.5 Å². The molecule has 2 aromatic carbocycles. The minimum Gasteiger partial charge on any atom is -0.375 e. The first-order valence-corrected chi connectivity index (χ1v) is 13.0. The van der Waals surface area contributed by atoms with Crippen molar-refractivity contribution in [1.82, 2.24) is 19.6 Å². The number of rotatable bonds is 5. The van der Waals surface area contributed by atoms with Crippen molar-refractivity contribution in [3.8, 4) is 11.3 Å². The number of aromatic nitrogens is 2. The second-order valence-corrected chi connectivity index (χ2v) is 9.86. The van der Waals surface area contributed by atoms with Crippen molar-refractivity contribution in [1.29, 1.82) is 0 Å². The molecule has 0 atom stereocenters. The summed E-state index contributed by atoms with van der Waals surface area (Å²) in [7, 11) is 3.29. The van der Waals surface area contributed by atoms with Crippen LogP contribution in [0.15, 0.2) is 54.6 Å². The number of amides is 2. The minimum atomic E-state index is -0.317. The molecule has 0 radical (unpaired) electrons. The van der Waals surface area contributed by atoms with Gasteiger partial charge in [-0.2, -0.15) is 5.10 Å². The van der Waals surface area contributed by atoms with Crippen molar-refractivity contribution in [2.75, 3.05) is 44.8 Å². The van der Waals surface area contributed by atoms with Crippen molar-refractivity contribution in [2.24, 2.45) is 7.05 Å². The number of halogens is 1. The van der Waals surface area contributed by atoms with E-state index in [-0.39, 0.29) is 30.3 Å². The van der Waals surface area contributed by atoms with Crippen LogP contribution >= 0.6 is 0 Å². The average Bonchev–Trinajstić information content (AvgIpc) is 3.27. The van der Waals surface area contributed by atoms with E-state index >= 15 is 0 Å². The van der Waals surface area contributed by atoms with Gasteiger partial charge in [0.15, 0.2) is 5.69 Å². The third-order valence-electron chi connectivity index (χ3n) is 6.95. The Bertz CT molecular complexity index is 1260. The summed E-state index contributed by atoms with van der Waals surface area (Å²) >= 11 is 0. The second-order valence-electron chi connectivity index (χ2n) is 9.86. The number of methoxy groups -OCH3 is 1. The predicted octanol–water partition coefficient (Wildman–Crippen LogP) is 3.96. The number of fused-ring (bicyclic) bond motifs is 1. The average molecular weight is 522 g/mol. The topological polar surface area (TPSA) is 70.9 Å². The van der Waals surface area contributed by atoms with Crippen LogP contribution < -0.4 is 4.90 Å². The van der Waals surface area contributed by atoms with Gasteiger partial charge in [0.2, 0.25) is 0 Å². The van der Waals surface area contributed by atoms with Crippen LogP contribution in [0, 0.1) is 5.82 Å². The van der Waals surface area contributed by atoms with Crippen LogP contribution in [0.2, 0.25) is 0 Å². The van der Waals surface area contributed by atoms with Gasteiger partial charge in [-0.15, -0.1) is 0 Å². The summed E-state index contributed by atoms with van der Waals surface area (Å²) in [5.74, 6) is -0.620. The van der Waals surface area contributed by atoms with Gasteiger partial charge in [0, 0.05) is 58.6 Å². The quantitative estimate of drug-likeness (QED) is 0.508. The van der Waals surface area contributed by atoms with Gasteiger partial charge in [0.1, 0.15) is 12.4 Å². The van der Waals surface area contributed by atoms with Crippen molar-refractivity contribution in [3.05, 3.63) is 71.7 Å². The molecule has 3 aromatic rings. The molecule has 0 unspecified atom stereocenters. The summed E-state index contributed by atoms with van der Waals surface area (Å²) in [4.78, 5) is 32.8. The molecule has 0 saturated heterocycles. The van der Waals surface area contributed by atoms with Crippen LogP contribution in [0.3, 0.4) is 0 Å². The number of anilines is 1. The first kappa shape index (κ1) is 27.5. The molecule has 202 valence electrons. The van der Waals surface area contributed by atoms with E-state index in [2.05, 4.69) is 23.8 Å². The van der Waals surface area contributed by atoms with E-state index in [9.17, 15) is 14.0 Å². The number of ether oxygens (including phenoxy) is 1. The molecule has 4 rings (SSSR count). The molecule has 2 heterocycles. The maximum Gasteiger partial charge on any atom is 0.274 e. The first-order chi connectivity index (χ1) is 18.3. The molecule has 0 fully saturated rings. The molecule has 1 aromatic heterocycles. The Labute approximate surface area is 223 Å². The lowest BCUT2D eigenvalue weighted by atomic mass is 10.1. The molecule has 0 N–H and O–H groups in total. The summed E-state index contributed by atoms with van der Waals surface area (Å²) in [6.45, 7) is 7.19. The fourth-order valence-electron chi connectivity index (χ4n) is 4.88. The third kappa shape index (κ3) is 6.28. The van der Waals surface area contributed by atoms with Gasteiger partial charge < -0.3 is 14.5 Å². The zero-order chi connectivity index (χ0) is 27.2. The van der Waals surface area contributed by atoms with Gasteiger partial charge >= 0.3 is 0 Å². The van der Waals surface area contributed by atoms with Crippen LogP contribution in [0.25, 0.3) is 11.3 Å². The summed E-state index contributed by atoms with van der Waals surface area (Å²) in [6, 6.07) is 15.9. The molecule has 8 nitrogen and oxygen atoms in total. The van der Waals surface area contributed by atoms with Crippen molar-refractivity contribution < 1.29 is 18.7 Å². The lowest BCUT2D eigenvalue weighted by Crippen LogP contribution is -2.41. The van der Waals surface area contributed by atoms with Gasteiger partial charge in [0.25, 0.3) is 11.8 Å². The lowest BCUT2D eigenvalue weighted by molar-refractivity contribution is -0.122. The van der Waals surface area contributed by atoms with Gasteiger partial charge in [-0.1, -0.05) is 18.2 Å². The van der Waals surface area contributed by atoms with E-state index in [0.29, 0.717) is 31.9 Å². The summed E-state index contributed by atoms with van der Waals surface area (Å²) in [5, 5.41) is 4.51. The molecule has 2 amide bonds. The van der Waals surface area contributed by atoms with Crippen molar-refractivity contribution in [3.63, 3.8) is 0 Å². The smallest absolute Gasteiger partial charge is 0.274 e. The maximum atomic E-state index is 13.9. The molecule has 0 saturated carbocycles. The Morgan fingerprint density at radius 2 is 1.76 bits per heavy atom. The zero-order valence-corrected chi connectivity index (χ0v) is 22.6.